The molecule has 0 bridgehead atoms. The maximum absolute atomic E-state index is 12.9. The third-order valence-corrected chi connectivity index (χ3v) is 8.56. The highest BCUT2D eigenvalue weighted by atomic mass is 19.4. The minimum absolute atomic E-state index is 0.303. The predicted octanol–water partition coefficient (Wildman–Crippen LogP) is 11.3. The van der Waals surface area contributed by atoms with E-state index in [2.05, 4.69) is 31.0 Å². The summed E-state index contributed by atoms with van der Waals surface area (Å²) >= 11 is 0. The van der Waals surface area contributed by atoms with Gasteiger partial charge >= 0.3 is 12.1 Å². The summed E-state index contributed by atoms with van der Waals surface area (Å²) in [6, 6.07) is 47.3. The quantitative estimate of drug-likeness (QED) is 0.149. The van der Waals surface area contributed by atoms with E-state index in [1.54, 1.807) is 25.1 Å². The molecule has 2 N–H and O–H groups in total. The minimum Gasteiger partial charge on any atom is -0.462 e. The van der Waals surface area contributed by atoms with Crippen LogP contribution < -0.4 is 10.6 Å². The lowest BCUT2D eigenvalue weighted by atomic mass is 10.0. The van der Waals surface area contributed by atoms with Crippen molar-refractivity contribution in [2.45, 2.75) is 13.1 Å². The molecule has 272 valence electrons. The number of aromatic nitrogens is 4. The third-order valence-electron chi connectivity index (χ3n) is 8.56. The molecule has 6 aromatic carbocycles. The van der Waals surface area contributed by atoms with E-state index >= 15 is 0 Å². The second kappa shape index (κ2) is 16.3. The Bertz CT molecular complexity index is 2580. The van der Waals surface area contributed by atoms with Gasteiger partial charge in [0.25, 0.3) is 0 Å². The van der Waals surface area contributed by atoms with Crippen LogP contribution in [0.25, 0.3) is 44.1 Å². The van der Waals surface area contributed by atoms with Crippen LogP contribution in [0.1, 0.15) is 22.8 Å². The van der Waals surface area contributed by atoms with Crippen molar-refractivity contribution in [1.29, 1.82) is 0 Å². The maximum Gasteiger partial charge on any atom is 0.416 e. The summed E-state index contributed by atoms with van der Waals surface area (Å²) in [5.41, 5.74) is 4.32. The van der Waals surface area contributed by atoms with Gasteiger partial charge in [0, 0.05) is 44.0 Å². The number of ether oxygens (including phenoxy) is 1. The van der Waals surface area contributed by atoms with E-state index in [1.807, 2.05) is 121 Å². The van der Waals surface area contributed by atoms with Gasteiger partial charge in [-0.1, -0.05) is 121 Å². The maximum atomic E-state index is 12.9. The Hall–Kier alpha value is -7.14. The standard InChI is InChI=1S/C23H19N3O2.C21H14F3N3/c1-2-28-23(27)17-11-8-12-18(15-17)24-22-20-14-7-6-13-19(20)21(25-26-22)16-9-4-3-5-10-16;22-21(23,24)15-9-6-10-16(13-15)25-20-18-12-5-4-11-17(18)19(26-27-20)14-7-2-1-3-8-14/h3-15H,2H2,1H3,(H,24,26);1-13H,(H,25,27). The fourth-order valence-electron chi connectivity index (χ4n) is 6.00. The molecule has 0 radical (unpaired) electrons. The predicted molar refractivity (Wildman–Crippen MR) is 210 cm³/mol. The fourth-order valence-corrected chi connectivity index (χ4v) is 6.00. The van der Waals surface area contributed by atoms with Gasteiger partial charge in [-0.05, 0) is 43.3 Å². The van der Waals surface area contributed by atoms with Gasteiger partial charge in [-0.3, -0.25) is 0 Å². The van der Waals surface area contributed by atoms with Gasteiger partial charge in [-0.2, -0.15) is 13.2 Å². The molecular weight excluding hydrogens is 702 g/mol. The molecule has 0 atom stereocenters. The number of carbonyl (C=O) groups excluding carboxylic acids is 1. The molecular formula is C44H33F3N6O2. The number of carbonyl (C=O) groups is 1. The van der Waals surface area contributed by atoms with Crippen LogP contribution in [0, 0.1) is 0 Å². The van der Waals surface area contributed by atoms with E-state index in [-0.39, 0.29) is 5.97 Å². The van der Waals surface area contributed by atoms with Gasteiger partial charge < -0.3 is 15.4 Å². The molecule has 0 fully saturated rings. The van der Waals surface area contributed by atoms with Gasteiger partial charge in [0.2, 0.25) is 0 Å². The van der Waals surface area contributed by atoms with Crippen molar-refractivity contribution in [1.82, 2.24) is 20.4 Å². The van der Waals surface area contributed by atoms with Crippen LogP contribution in [-0.2, 0) is 10.9 Å². The average molecular weight is 735 g/mol. The lowest BCUT2D eigenvalue weighted by molar-refractivity contribution is -0.137. The average Bonchev–Trinajstić information content (AvgIpc) is 3.22. The Balaban J connectivity index is 0.000000169. The lowest BCUT2D eigenvalue weighted by Gasteiger charge is -2.13. The summed E-state index contributed by atoms with van der Waals surface area (Å²) < 4.78 is 43.9. The van der Waals surface area contributed by atoms with E-state index in [4.69, 9.17) is 4.74 Å². The van der Waals surface area contributed by atoms with E-state index < -0.39 is 11.7 Å². The molecule has 0 spiro atoms. The molecule has 11 heteroatoms. The van der Waals surface area contributed by atoms with Crippen LogP contribution in [0.4, 0.5) is 36.2 Å². The SMILES string of the molecule is CCOC(=O)c1cccc(Nc2nnc(-c3ccccc3)c3ccccc23)c1.FC(F)(F)c1cccc(Nc2nnc(-c3ccccc3)c3ccccc23)c1. The Morgan fingerprint density at radius 3 is 1.49 bits per heavy atom. The lowest BCUT2D eigenvalue weighted by Crippen LogP contribution is -2.05. The number of anilines is 4. The smallest absolute Gasteiger partial charge is 0.416 e. The second-order valence-corrected chi connectivity index (χ2v) is 12.2. The van der Waals surface area contributed by atoms with Crippen LogP contribution in [-0.4, -0.2) is 33.0 Å². The largest absolute Gasteiger partial charge is 0.462 e. The molecule has 0 aliphatic rings. The summed E-state index contributed by atoms with van der Waals surface area (Å²) in [5.74, 6) is 0.697. The zero-order valence-electron chi connectivity index (χ0n) is 29.5. The number of alkyl halides is 3. The number of hydrogen-bond acceptors (Lipinski definition) is 8. The first kappa shape index (κ1) is 36.2. The van der Waals surface area contributed by atoms with Crippen LogP contribution in [0.2, 0.25) is 0 Å². The van der Waals surface area contributed by atoms with Gasteiger partial charge in [0.05, 0.1) is 17.7 Å². The van der Waals surface area contributed by atoms with Crippen molar-refractivity contribution >= 4 is 50.5 Å². The van der Waals surface area contributed by atoms with Crippen LogP contribution in [0.3, 0.4) is 0 Å². The summed E-state index contributed by atoms with van der Waals surface area (Å²) in [6.07, 6.45) is -4.40. The normalized spacial score (nSPS) is 11.1. The van der Waals surface area contributed by atoms with Crippen molar-refractivity contribution in [2.24, 2.45) is 0 Å². The van der Waals surface area contributed by atoms with Crippen molar-refractivity contribution in [3.05, 3.63) is 169 Å². The topological polar surface area (TPSA) is 102 Å². The first-order chi connectivity index (χ1) is 26.8. The summed E-state index contributed by atoms with van der Waals surface area (Å²) in [5, 5.41) is 27.3. The zero-order valence-corrected chi connectivity index (χ0v) is 29.5. The number of nitrogens with zero attached hydrogens (tertiary/aromatic N) is 4. The molecule has 0 aliphatic heterocycles. The second-order valence-electron chi connectivity index (χ2n) is 12.2. The molecule has 0 aliphatic carbocycles. The number of benzene rings is 6. The molecule has 8 rings (SSSR count). The highest BCUT2D eigenvalue weighted by Crippen LogP contribution is 2.34. The zero-order chi connectivity index (χ0) is 38.2. The van der Waals surface area contributed by atoms with Gasteiger partial charge in [0.15, 0.2) is 11.6 Å². The molecule has 2 aromatic heterocycles. The van der Waals surface area contributed by atoms with E-state index in [0.717, 1.165) is 61.9 Å². The Kier molecular flexibility index (Phi) is 10.7. The highest BCUT2D eigenvalue weighted by molar-refractivity contribution is 6.02. The van der Waals surface area contributed by atoms with Crippen molar-refractivity contribution in [3.8, 4) is 22.5 Å². The van der Waals surface area contributed by atoms with Crippen LogP contribution >= 0.6 is 0 Å². The van der Waals surface area contributed by atoms with E-state index in [0.29, 0.717) is 29.5 Å². The fraction of sp³-hybridized carbons (Fsp3) is 0.0682. The number of fused-ring (bicyclic) bond motifs is 2. The van der Waals surface area contributed by atoms with Crippen molar-refractivity contribution in [2.75, 3.05) is 17.2 Å². The van der Waals surface area contributed by atoms with Gasteiger partial charge in [-0.15, -0.1) is 20.4 Å². The van der Waals surface area contributed by atoms with Crippen molar-refractivity contribution in [3.63, 3.8) is 0 Å². The van der Waals surface area contributed by atoms with E-state index in [1.165, 1.54) is 6.07 Å². The van der Waals surface area contributed by atoms with Crippen LogP contribution in [0.15, 0.2) is 158 Å². The highest BCUT2D eigenvalue weighted by Gasteiger charge is 2.30. The molecule has 0 amide bonds. The molecule has 0 saturated heterocycles. The minimum atomic E-state index is -4.40. The Labute approximate surface area is 314 Å². The monoisotopic (exact) mass is 734 g/mol. The summed E-state index contributed by atoms with van der Waals surface area (Å²) in [4.78, 5) is 12.0. The molecule has 2 heterocycles. The summed E-state index contributed by atoms with van der Waals surface area (Å²) in [6.45, 7) is 2.13. The van der Waals surface area contributed by atoms with Gasteiger partial charge in [0.1, 0.15) is 11.4 Å². The Morgan fingerprint density at radius 2 is 1.00 bits per heavy atom. The molecule has 55 heavy (non-hydrogen) atoms. The first-order valence-electron chi connectivity index (χ1n) is 17.4. The molecule has 0 saturated carbocycles. The Morgan fingerprint density at radius 1 is 0.545 bits per heavy atom. The third kappa shape index (κ3) is 8.42. The molecule has 8 aromatic rings. The number of hydrogen-bond donors (Lipinski definition) is 2. The van der Waals surface area contributed by atoms with Crippen LogP contribution in [0.5, 0.6) is 0 Å². The molecule has 0 unspecified atom stereocenters. The molecule has 8 nitrogen and oxygen atoms in total. The first-order valence-corrected chi connectivity index (χ1v) is 17.4. The van der Waals surface area contributed by atoms with Gasteiger partial charge in [-0.25, -0.2) is 4.79 Å². The number of esters is 1. The van der Waals surface area contributed by atoms with E-state index in [9.17, 15) is 18.0 Å². The number of halogens is 3. The number of nitrogens with one attached hydrogen (secondary N) is 2. The number of rotatable bonds is 8. The van der Waals surface area contributed by atoms with Crippen molar-refractivity contribution < 1.29 is 22.7 Å². The summed E-state index contributed by atoms with van der Waals surface area (Å²) in [7, 11) is 0.